The van der Waals surface area contributed by atoms with Crippen LogP contribution in [-0.2, 0) is 9.53 Å². The molecule has 8 nitrogen and oxygen atoms in total. The molecule has 1 aromatic carbocycles. The fourth-order valence-corrected chi connectivity index (χ4v) is 2.74. The number of nitrogens with zero attached hydrogens (tertiary/aromatic N) is 2. The molecule has 0 atom stereocenters. The maximum atomic E-state index is 12.4. The number of benzene rings is 1. The highest BCUT2D eigenvalue weighted by Crippen LogP contribution is 2.18. The van der Waals surface area contributed by atoms with Gasteiger partial charge in [-0.2, -0.15) is 0 Å². The van der Waals surface area contributed by atoms with E-state index in [2.05, 4.69) is 10.1 Å². The largest absolute Gasteiger partial charge is 0.507 e. The molecule has 0 aliphatic carbocycles. The average molecular weight is 363 g/mol. The second-order valence-electron chi connectivity index (χ2n) is 6.06. The molecule has 0 aromatic heterocycles. The number of ether oxygens (including phenoxy) is 1. The third-order valence-electron chi connectivity index (χ3n) is 4.30. The fraction of sp³-hybridized carbons (Fsp3) is 0.500. The van der Waals surface area contributed by atoms with E-state index < -0.39 is 0 Å². The second kappa shape index (κ2) is 9.65. The zero-order valence-electron chi connectivity index (χ0n) is 14.9. The number of hydrogen-bond donors (Lipinski definition) is 2. The number of para-hydroxylation sites is 1. The van der Waals surface area contributed by atoms with E-state index in [9.17, 15) is 19.5 Å². The number of nitrogens with one attached hydrogen (secondary N) is 1. The summed E-state index contributed by atoms with van der Waals surface area (Å²) in [7, 11) is 1.35. The van der Waals surface area contributed by atoms with Crippen LogP contribution in [0.1, 0.15) is 29.6 Å². The van der Waals surface area contributed by atoms with Gasteiger partial charge in [0, 0.05) is 39.1 Å². The minimum atomic E-state index is -0.249. The Labute approximate surface area is 152 Å². The molecule has 1 saturated heterocycles. The highest BCUT2D eigenvalue weighted by atomic mass is 16.5. The van der Waals surface area contributed by atoms with Crippen molar-refractivity contribution < 1.29 is 24.2 Å². The predicted molar refractivity (Wildman–Crippen MR) is 94.8 cm³/mol. The van der Waals surface area contributed by atoms with Crippen LogP contribution < -0.4 is 5.32 Å². The van der Waals surface area contributed by atoms with Gasteiger partial charge >= 0.3 is 12.0 Å². The Hall–Kier alpha value is -2.77. The number of aromatic hydroxyl groups is 1. The quantitative estimate of drug-likeness (QED) is 0.584. The number of phenols is 1. The van der Waals surface area contributed by atoms with Gasteiger partial charge in [-0.05, 0) is 25.0 Å². The molecule has 1 aliphatic rings. The molecule has 0 radical (unpaired) electrons. The lowest BCUT2D eigenvalue weighted by Crippen LogP contribution is -2.53. The van der Waals surface area contributed by atoms with Crippen molar-refractivity contribution in [3.63, 3.8) is 0 Å². The maximum Gasteiger partial charge on any atom is 0.317 e. The number of phenolic OH excluding ortho intramolecular Hbond substituents is 1. The van der Waals surface area contributed by atoms with E-state index in [-0.39, 0.29) is 29.2 Å². The Morgan fingerprint density at radius 3 is 2.38 bits per heavy atom. The molecule has 1 fully saturated rings. The molecule has 1 heterocycles. The summed E-state index contributed by atoms with van der Waals surface area (Å²) < 4.78 is 4.56. The molecule has 2 N–H and O–H groups in total. The van der Waals surface area contributed by atoms with Gasteiger partial charge in [-0.25, -0.2) is 4.79 Å². The zero-order chi connectivity index (χ0) is 18.9. The Bertz CT molecular complexity index is 641. The third kappa shape index (κ3) is 5.37. The van der Waals surface area contributed by atoms with Gasteiger partial charge in [0.15, 0.2) is 0 Å². The Morgan fingerprint density at radius 2 is 1.73 bits per heavy atom. The molecule has 3 amide bonds. The summed E-state index contributed by atoms with van der Waals surface area (Å²) in [6.45, 7) is 2.21. The molecule has 1 aliphatic heterocycles. The molecule has 2 rings (SSSR count). The highest BCUT2D eigenvalue weighted by molar-refractivity contribution is 5.97. The second-order valence-corrected chi connectivity index (χ2v) is 6.06. The van der Waals surface area contributed by atoms with Crippen LogP contribution in [-0.4, -0.2) is 72.6 Å². The summed E-state index contributed by atoms with van der Waals surface area (Å²) in [5.74, 6) is -0.517. The van der Waals surface area contributed by atoms with Gasteiger partial charge in [-0.3, -0.25) is 9.59 Å². The predicted octanol–water partition coefficient (Wildman–Crippen LogP) is 1.20. The summed E-state index contributed by atoms with van der Waals surface area (Å²) in [6.07, 6.45) is 1.71. The molecule has 26 heavy (non-hydrogen) atoms. The van der Waals surface area contributed by atoms with Crippen LogP contribution in [0.15, 0.2) is 24.3 Å². The molecule has 142 valence electrons. The number of piperazine rings is 1. The van der Waals surface area contributed by atoms with E-state index in [0.29, 0.717) is 52.0 Å². The summed E-state index contributed by atoms with van der Waals surface area (Å²) in [5.41, 5.74) is 0.274. The standard InChI is InChI=1S/C18H25N3O5/c1-26-16(23)8-4-5-9-19-18(25)21-12-10-20(11-13-21)17(24)14-6-2-3-7-15(14)22/h2-3,6-7,22H,4-5,8-13H2,1H3,(H,19,25). The minimum absolute atomic E-state index is 0.0374. The lowest BCUT2D eigenvalue weighted by molar-refractivity contribution is -0.140. The van der Waals surface area contributed by atoms with Crippen LogP contribution in [0.2, 0.25) is 0 Å². The van der Waals surface area contributed by atoms with Gasteiger partial charge in [0.2, 0.25) is 0 Å². The third-order valence-corrected chi connectivity index (χ3v) is 4.30. The first-order valence-corrected chi connectivity index (χ1v) is 8.69. The lowest BCUT2D eigenvalue weighted by Gasteiger charge is -2.34. The van der Waals surface area contributed by atoms with Crippen molar-refractivity contribution in [2.45, 2.75) is 19.3 Å². The van der Waals surface area contributed by atoms with Crippen molar-refractivity contribution in [3.8, 4) is 5.75 Å². The van der Waals surface area contributed by atoms with Crippen LogP contribution in [0.5, 0.6) is 5.75 Å². The van der Waals surface area contributed by atoms with Crippen molar-refractivity contribution >= 4 is 17.9 Å². The van der Waals surface area contributed by atoms with Gasteiger partial charge in [-0.1, -0.05) is 12.1 Å². The molecular formula is C18H25N3O5. The van der Waals surface area contributed by atoms with E-state index in [4.69, 9.17) is 0 Å². The van der Waals surface area contributed by atoms with E-state index in [1.54, 1.807) is 28.0 Å². The number of carbonyl (C=O) groups excluding carboxylic acids is 3. The van der Waals surface area contributed by atoms with Crippen molar-refractivity contribution in [3.05, 3.63) is 29.8 Å². The Morgan fingerprint density at radius 1 is 1.08 bits per heavy atom. The number of esters is 1. The Balaban J connectivity index is 1.71. The first kappa shape index (κ1) is 19.6. The molecule has 1 aromatic rings. The van der Waals surface area contributed by atoms with Crippen LogP contribution in [0.3, 0.4) is 0 Å². The highest BCUT2D eigenvalue weighted by Gasteiger charge is 2.25. The molecule has 0 bridgehead atoms. The molecule has 0 spiro atoms. The number of methoxy groups -OCH3 is 1. The monoisotopic (exact) mass is 363 g/mol. The van der Waals surface area contributed by atoms with Crippen molar-refractivity contribution in [2.24, 2.45) is 0 Å². The lowest BCUT2D eigenvalue weighted by atomic mass is 10.1. The molecule has 8 heteroatoms. The van der Waals surface area contributed by atoms with E-state index in [0.717, 1.165) is 0 Å². The van der Waals surface area contributed by atoms with E-state index in [1.165, 1.54) is 13.2 Å². The number of hydrogen-bond acceptors (Lipinski definition) is 5. The van der Waals surface area contributed by atoms with Gasteiger partial charge in [-0.15, -0.1) is 0 Å². The smallest absolute Gasteiger partial charge is 0.317 e. The van der Waals surface area contributed by atoms with Crippen molar-refractivity contribution in [1.82, 2.24) is 15.1 Å². The number of amides is 3. The number of rotatable bonds is 6. The number of unbranched alkanes of at least 4 members (excludes halogenated alkanes) is 1. The topological polar surface area (TPSA) is 99.2 Å². The van der Waals surface area contributed by atoms with Crippen LogP contribution in [0.25, 0.3) is 0 Å². The molecule has 0 unspecified atom stereocenters. The average Bonchev–Trinajstić information content (AvgIpc) is 2.67. The van der Waals surface area contributed by atoms with Crippen molar-refractivity contribution in [2.75, 3.05) is 39.8 Å². The first-order chi connectivity index (χ1) is 12.5. The van der Waals surface area contributed by atoms with Crippen molar-refractivity contribution in [1.29, 1.82) is 0 Å². The van der Waals surface area contributed by atoms with Gasteiger partial charge < -0.3 is 25.0 Å². The summed E-state index contributed by atoms with van der Waals surface area (Å²) >= 11 is 0. The summed E-state index contributed by atoms with van der Waals surface area (Å²) in [4.78, 5) is 38.9. The van der Waals surface area contributed by atoms with Crippen LogP contribution in [0.4, 0.5) is 4.79 Å². The van der Waals surface area contributed by atoms with Gasteiger partial charge in [0.05, 0.1) is 12.7 Å². The first-order valence-electron chi connectivity index (χ1n) is 8.69. The van der Waals surface area contributed by atoms with E-state index >= 15 is 0 Å². The minimum Gasteiger partial charge on any atom is -0.507 e. The molecule has 0 saturated carbocycles. The van der Waals surface area contributed by atoms with Crippen LogP contribution in [0, 0.1) is 0 Å². The molecular weight excluding hydrogens is 338 g/mol. The fourth-order valence-electron chi connectivity index (χ4n) is 2.74. The maximum absolute atomic E-state index is 12.4. The van der Waals surface area contributed by atoms with Gasteiger partial charge in [0.25, 0.3) is 5.91 Å². The summed E-state index contributed by atoms with van der Waals surface area (Å²) in [5, 5.41) is 12.6. The SMILES string of the molecule is COC(=O)CCCCNC(=O)N1CCN(C(=O)c2ccccc2O)CC1. The normalized spacial score (nSPS) is 14.0. The summed E-state index contributed by atoms with van der Waals surface area (Å²) in [6, 6.07) is 6.27. The van der Waals surface area contributed by atoms with E-state index in [1.807, 2.05) is 0 Å². The zero-order valence-corrected chi connectivity index (χ0v) is 14.9. The Kier molecular flexibility index (Phi) is 7.25. The number of urea groups is 1. The number of carbonyl (C=O) groups is 3. The van der Waals surface area contributed by atoms with Crippen LogP contribution >= 0.6 is 0 Å². The van der Waals surface area contributed by atoms with Gasteiger partial charge in [0.1, 0.15) is 5.75 Å².